The Hall–Kier alpha value is -1.51. The monoisotopic (exact) mass is 303 g/mol. The van der Waals surface area contributed by atoms with Crippen molar-refractivity contribution < 1.29 is 4.74 Å². The molecule has 0 amide bonds. The molecule has 0 aromatic heterocycles. The zero-order chi connectivity index (χ0) is 15.2. The molecule has 1 N–H and O–H groups in total. The quantitative estimate of drug-likeness (QED) is 0.839. The van der Waals surface area contributed by atoms with Crippen LogP contribution in [0.15, 0.2) is 36.4 Å². The van der Waals surface area contributed by atoms with Gasteiger partial charge in [-0.25, -0.2) is 0 Å². The molecule has 0 spiro atoms. The molecule has 0 saturated carbocycles. The van der Waals surface area contributed by atoms with E-state index in [1.54, 1.807) is 0 Å². The van der Waals surface area contributed by atoms with Gasteiger partial charge in [-0.2, -0.15) is 0 Å². The number of nitrogens with one attached hydrogen (secondary N) is 1. The predicted octanol–water partition coefficient (Wildman–Crippen LogP) is 4.65. The van der Waals surface area contributed by atoms with Crippen molar-refractivity contribution in [2.75, 3.05) is 6.54 Å². The molecule has 0 fully saturated rings. The fraction of sp³-hybridized carbons (Fsp3) is 0.333. The Morgan fingerprint density at radius 1 is 1.14 bits per heavy atom. The molecule has 112 valence electrons. The van der Waals surface area contributed by atoms with Crippen molar-refractivity contribution in [3.63, 3.8) is 0 Å². The first-order chi connectivity index (χ1) is 10.1. The molecule has 0 saturated heterocycles. The molecule has 0 heterocycles. The first-order valence-electron chi connectivity index (χ1n) is 7.29. The largest absolute Gasteiger partial charge is 0.489 e. The second-order valence-electron chi connectivity index (χ2n) is 5.22. The zero-order valence-corrected chi connectivity index (χ0v) is 13.6. The molecule has 2 rings (SSSR count). The standard InChI is InChI=1S/C18H22ClNO/c1-4-20-11-16-17(19)6-5-7-18(16)21-12-15-10-13(2)8-9-14(15)3/h5-10,20H,4,11-12H2,1-3H3. The van der Waals surface area contributed by atoms with E-state index in [0.29, 0.717) is 6.61 Å². The van der Waals surface area contributed by atoms with Crippen molar-refractivity contribution in [2.45, 2.75) is 33.9 Å². The molecule has 2 nitrogen and oxygen atoms in total. The Labute approximate surface area is 132 Å². The number of benzene rings is 2. The molecule has 0 bridgehead atoms. The molecule has 0 atom stereocenters. The van der Waals surface area contributed by atoms with E-state index < -0.39 is 0 Å². The van der Waals surface area contributed by atoms with Crippen molar-refractivity contribution in [1.82, 2.24) is 5.32 Å². The highest BCUT2D eigenvalue weighted by Crippen LogP contribution is 2.27. The highest BCUT2D eigenvalue weighted by Gasteiger charge is 2.08. The van der Waals surface area contributed by atoms with Gasteiger partial charge in [0.2, 0.25) is 0 Å². The zero-order valence-electron chi connectivity index (χ0n) is 12.9. The van der Waals surface area contributed by atoms with E-state index in [1.165, 1.54) is 16.7 Å². The van der Waals surface area contributed by atoms with Gasteiger partial charge in [-0.1, -0.05) is 48.4 Å². The van der Waals surface area contributed by atoms with E-state index in [-0.39, 0.29) is 0 Å². The summed E-state index contributed by atoms with van der Waals surface area (Å²) in [4.78, 5) is 0. The van der Waals surface area contributed by atoms with E-state index in [0.717, 1.165) is 29.4 Å². The van der Waals surface area contributed by atoms with Gasteiger partial charge in [-0.3, -0.25) is 0 Å². The van der Waals surface area contributed by atoms with Crippen LogP contribution in [0.5, 0.6) is 5.75 Å². The Kier molecular flexibility index (Phi) is 5.66. The van der Waals surface area contributed by atoms with E-state index in [4.69, 9.17) is 16.3 Å². The smallest absolute Gasteiger partial charge is 0.125 e. The van der Waals surface area contributed by atoms with Crippen LogP contribution in [0.1, 0.15) is 29.2 Å². The minimum absolute atomic E-state index is 0.562. The number of hydrogen-bond donors (Lipinski definition) is 1. The summed E-state index contributed by atoms with van der Waals surface area (Å²) in [6.45, 7) is 8.47. The molecule has 0 aliphatic heterocycles. The molecule has 0 unspecified atom stereocenters. The van der Waals surface area contributed by atoms with Gasteiger partial charge in [0.25, 0.3) is 0 Å². The van der Waals surface area contributed by atoms with Crippen LogP contribution in [0.3, 0.4) is 0 Å². The Morgan fingerprint density at radius 3 is 2.71 bits per heavy atom. The maximum atomic E-state index is 6.28. The summed E-state index contributed by atoms with van der Waals surface area (Å²) >= 11 is 6.28. The molecule has 0 radical (unpaired) electrons. The van der Waals surface area contributed by atoms with E-state index in [1.807, 2.05) is 18.2 Å². The maximum Gasteiger partial charge on any atom is 0.125 e. The third-order valence-electron chi connectivity index (χ3n) is 3.52. The second kappa shape index (κ2) is 7.48. The van der Waals surface area contributed by atoms with E-state index in [9.17, 15) is 0 Å². The summed E-state index contributed by atoms with van der Waals surface area (Å²) in [5, 5.41) is 4.04. The fourth-order valence-electron chi connectivity index (χ4n) is 2.21. The maximum absolute atomic E-state index is 6.28. The lowest BCUT2D eigenvalue weighted by Gasteiger charge is -2.14. The highest BCUT2D eigenvalue weighted by molar-refractivity contribution is 6.31. The molecule has 2 aromatic carbocycles. The van der Waals surface area contributed by atoms with Gasteiger partial charge < -0.3 is 10.1 Å². The SMILES string of the molecule is CCNCc1c(Cl)cccc1OCc1cc(C)ccc1C. The van der Waals surface area contributed by atoms with Gasteiger partial charge in [-0.05, 0) is 43.7 Å². The highest BCUT2D eigenvalue weighted by atomic mass is 35.5. The number of rotatable bonds is 6. The van der Waals surface area contributed by atoms with Crippen molar-refractivity contribution in [3.05, 3.63) is 63.7 Å². The average molecular weight is 304 g/mol. The summed E-state index contributed by atoms with van der Waals surface area (Å²) < 4.78 is 6.01. The normalized spacial score (nSPS) is 10.7. The molecule has 21 heavy (non-hydrogen) atoms. The summed E-state index contributed by atoms with van der Waals surface area (Å²) in [6.07, 6.45) is 0. The first-order valence-corrected chi connectivity index (χ1v) is 7.66. The molecule has 0 aliphatic rings. The summed E-state index contributed by atoms with van der Waals surface area (Å²) in [5.41, 5.74) is 4.73. The summed E-state index contributed by atoms with van der Waals surface area (Å²) in [5.74, 6) is 0.851. The lowest BCUT2D eigenvalue weighted by Crippen LogP contribution is -2.13. The third-order valence-corrected chi connectivity index (χ3v) is 3.87. The fourth-order valence-corrected chi connectivity index (χ4v) is 2.44. The number of aryl methyl sites for hydroxylation is 2. The number of hydrogen-bond acceptors (Lipinski definition) is 2. The average Bonchev–Trinajstić information content (AvgIpc) is 2.47. The minimum atomic E-state index is 0.562. The lowest BCUT2D eigenvalue weighted by atomic mass is 10.1. The summed E-state index contributed by atoms with van der Waals surface area (Å²) in [6, 6.07) is 12.2. The molecule has 2 aromatic rings. The third kappa shape index (κ3) is 4.23. The van der Waals surface area contributed by atoms with Gasteiger partial charge >= 0.3 is 0 Å². The van der Waals surface area contributed by atoms with Gasteiger partial charge in [0.1, 0.15) is 12.4 Å². The molecule has 3 heteroatoms. The predicted molar refractivity (Wildman–Crippen MR) is 89.1 cm³/mol. The van der Waals surface area contributed by atoms with E-state index >= 15 is 0 Å². The van der Waals surface area contributed by atoms with Crippen molar-refractivity contribution in [1.29, 1.82) is 0 Å². The number of ether oxygens (including phenoxy) is 1. The van der Waals surface area contributed by atoms with Crippen LogP contribution in [0.4, 0.5) is 0 Å². The van der Waals surface area contributed by atoms with Gasteiger partial charge in [0.05, 0.1) is 0 Å². The van der Waals surface area contributed by atoms with Crippen LogP contribution in [0, 0.1) is 13.8 Å². The van der Waals surface area contributed by atoms with Gasteiger partial charge in [-0.15, -0.1) is 0 Å². The van der Waals surface area contributed by atoms with Crippen molar-refractivity contribution >= 4 is 11.6 Å². The minimum Gasteiger partial charge on any atom is -0.489 e. The Morgan fingerprint density at radius 2 is 1.95 bits per heavy atom. The van der Waals surface area contributed by atoms with Crippen molar-refractivity contribution in [2.24, 2.45) is 0 Å². The Balaban J connectivity index is 2.16. The van der Waals surface area contributed by atoms with Crippen molar-refractivity contribution in [3.8, 4) is 5.75 Å². The van der Waals surface area contributed by atoms with Gasteiger partial charge in [0.15, 0.2) is 0 Å². The Bertz CT molecular complexity index is 610. The van der Waals surface area contributed by atoms with Crippen LogP contribution >= 0.6 is 11.6 Å². The topological polar surface area (TPSA) is 21.3 Å². The van der Waals surface area contributed by atoms with Crippen LogP contribution in [-0.2, 0) is 13.2 Å². The van der Waals surface area contributed by atoms with E-state index in [2.05, 4.69) is 44.3 Å². The van der Waals surface area contributed by atoms with Crippen LogP contribution in [0.25, 0.3) is 0 Å². The van der Waals surface area contributed by atoms with Crippen LogP contribution in [0.2, 0.25) is 5.02 Å². The van der Waals surface area contributed by atoms with Crippen LogP contribution < -0.4 is 10.1 Å². The molecular weight excluding hydrogens is 282 g/mol. The number of halogens is 1. The van der Waals surface area contributed by atoms with Gasteiger partial charge in [0, 0.05) is 17.1 Å². The summed E-state index contributed by atoms with van der Waals surface area (Å²) in [7, 11) is 0. The second-order valence-corrected chi connectivity index (χ2v) is 5.62. The lowest BCUT2D eigenvalue weighted by molar-refractivity contribution is 0.301. The molecule has 0 aliphatic carbocycles. The molecular formula is C18H22ClNO. The van der Waals surface area contributed by atoms with Crippen LogP contribution in [-0.4, -0.2) is 6.54 Å². The first kappa shape index (κ1) is 15.9.